The first kappa shape index (κ1) is 12.5. The van der Waals surface area contributed by atoms with Crippen LogP contribution in [0.15, 0.2) is 18.3 Å². The molecular weight excluding hydrogens is 236 g/mol. The highest BCUT2D eigenvalue weighted by Crippen LogP contribution is 2.29. The zero-order valence-corrected chi connectivity index (χ0v) is 12.0. The third kappa shape index (κ3) is 2.47. The van der Waals surface area contributed by atoms with Crippen LogP contribution in [0.1, 0.15) is 24.0 Å². The first-order valence-electron chi connectivity index (χ1n) is 7.05. The molecule has 0 spiro atoms. The number of fused-ring (bicyclic) bond motifs is 1. The summed E-state index contributed by atoms with van der Waals surface area (Å²) < 4.78 is 7.63. The van der Waals surface area contributed by atoms with Crippen LogP contribution in [0.3, 0.4) is 0 Å². The molecule has 102 valence electrons. The molecule has 3 heteroatoms. The summed E-state index contributed by atoms with van der Waals surface area (Å²) in [5, 5.41) is 4.91. The first-order chi connectivity index (χ1) is 9.19. The molecule has 0 bridgehead atoms. The molecule has 1 aliphatic carbocycles. The number of hydrogen-bond acceptors (Lipinski definition) is 2. The van der Waals surface area contributed by atoms with E-state index in [1.54, 1.807) is 7.11 Å². The molecule has 0 radical (unpaired) electrons. The zero-order valence-electron chi connectivity index (χ0n) is 12.0. The highest BCUT2D eigenvalue weighted by molar-refractivity contribution is 5.88. The highest BCUT2D eigenvalue weighted by Gasteiger charge is 2.20. The van der Waals surface area contributed by atoms with E-state index in [1.165, 1.54) is 34.9 Å². The fraction of sp³-hybridized carbons (Fsp3) is 0.500. The average Bonchev–Trinajstić information content (AvgIpc) is 3.15. The van der Waals surface area contributed by atoms with Crippen LogP contribution in [0.2, 0.25) is 0 Å². The standard InChI is InChI=1S/C16H22N2O/c1-11-8-14(19-3)9-15-12(10-18(2)16(11)15)6-7-17-13-4-5-13/h8-10,13,17H,4-7H2,1-3H3. The molecule has 0 unspecified atom stereocenters. The Morgan fingerprint density at radius 1 is 1.37 bits per heavy atom. The Labute approximate surface area is 114 Å². The second-order valence-electron chi connectivity index (χ2n) is 5.58. The Bertz CT molecular complexity index is 596. The number of methoxy groups -OCH3 is 1. The third-order valence-corrected chi connectivity index (χ3v) is 3.96. The van der Waals surface area contributed by atoms with Gasteiger partial charge in [-0.2, -0.15) is 0 Å². The SMILES string of the molecule is COc1cc(C)c2c(c1)c(CCNC1CC1)cn2C. The Hall–Kier alpha value is -1.48. The van der Waals surface area contributed by atoms with E-state index in [1.807, 2.05) is 0 Å². The lowest BCUT2D eigenvalue weighted by atomic mass is 10.1. The van der Waals surface area contributed by atoms with Gasteiger partial charge in [-0.25, -0.2) is 0 Å². The van der Waals surface area contributed by atoms with Crippen molar-refractivity contribution in [3.63, 3.8) is 0 Å². The fourth-order valence-corrected chi connectivity index (χ4v) is 2.84. The fourth-order valence-electron chi connectivity index (χ4n) is 2.84. The molecule has 1 fully saturated rings. The number of aryl methyl sites for hydroxylation is 2. The van der Waals surface area contributed by atoms with E-state index < -0.39 is 0 Å². The normalized spacial score (nSPS) is 15.1. The Kier molecular flexibility index (Phi) is 3.23. The number of nitrogens with one attached hydrogen (secondary N) is 1. The Balaban J connectivity index is 1.91. The van der Waals surface area contributed by atoms with Crippen LogP contribution in [0.25, 0.3) is 10.9 Å². The molecule has 1 N–H and O–H groups in total. The van der Waals surface area contributed by atoms with E-state index in [0.29, 0.717) is 0 Å². The molecule has 0 amide bonds. The van der Waals surface area contributed by atoms with Crippen molar-refractivity contribution in [1.29, 1.82) is 0 Å². The van der Waals surface area contributed by atoms with Gasteiger partial charge in [-0.3, -0.25) is 0 Å². The molecule has 3 rings (SSSR count). The van der Waals surface area contributed by atoms with Crippen molar-refractivity contribution in [2.75, 3.05) is 13.7 Å². The summed E-state index contributed by atoms with van der Waals surface area (Å²) in [5.41, 5.74) is 4.01. The minimum Gasteiger partial charge on any atom is -0.497 e. The van der Waals surface area contributed by atoms with E-state index in [0.717, 1.165) is 24.8 Å². The van der Waals surface area contributed by atoms with Gasteiger partial charge in [0.1, 0.15) is 5.75 Å². The molecule has 0 atom stereocenters. The van der Waals surface area contributed by atoms with Crippen LogP contribution < -0.4 is 10.1 Å². The minimum atomic E-state index is 0.784. The lowest BCUT2D eigenvalue weighted by molar-refractivity contribution is 0.415. The summed E-state index contributed by atoms with van der Waals surface area (Å²) in [4.78, 5) is 0. The Morgan fingerprint density at radius 2 is 2.16 bits per heavy atom. The van der Waals surface area contributed by atoms with Gasteiger partial charge >= 0.3 is 0 Å². The molecule has 1 saturated carbocycles. The molecule has 0 aliphatic heterocycles. The van der Waals surface area contributed by atoms with Gasteiger partial charge in [-0.1, -0.05) is 0 Å². The maximum atomic E-state index is 5.40. The van der Waals surface area contributed by atoms with Crippen LogP contribution in [0.5, 0.6) is 5.75 Å². The van der Waals surface area contributed by atoms with Crippen molar-refractivity contribution in [3.05, 3.63) is 29.5 Å². The van der Waals surface area contributed by atoms with Crippen molar-refractivity contribution >= 4 is 10.9 Å². The summed E-state index contributed by atoms with van der Waals surface area (Å²) in [6, 6.07) is 5.05. The number of ether oxygens (including phenoxy) is 1. The number of benzene rings is 1. The summed E-state index contributed by atoms with van der Waals surface area (Å²) in [7, 11) is 3.86. The van der Waals surface area contributed by atoms with Gasteiger partial charge < -0.3 is 14.6 Å². The summed E-state index contributed by atoms with van der Waals surface area (Å²) >= 11 is 0. The van der Waals surface area contributed by atoms with Crippen LogP contribution in [0, 0.1) is 6.92 Å². The predicted molar refractivity (Wildman–Crippen MR) is 78.9 cm³/mol. The van der Waals surface area contributed by atoms with Gasteiger partial charge in [-0.15, -0.1) is 0 Å². The number of aromatic nitrogens is 1. The molecule has 1 aliphatic rings. The van der Waals surface area contributed by atoms with Crippen LogP contribution in [-0.2, 0) is 13.5 Å². The average molecular weight is 258 g/mol. The summed E-state index contributed by atoms with van der Waals surface area (Å²) in [5.74, 6) is 0.951. The lowest BCUT2D eigenvalue weighted by Crippen LogP contribution is -2.19. The van der Waals surface area contributed by atoms with E-state index in [9.17, 15) is 0 Å². The van der Waals surface area contributed by atoms with Gasteiger partial charge in [0.2, 0.25) is 0 Å². The lowest BCUT2D eigenvalue weighted by Gasteiger charge is -2.06. The zero-order chi connectivity index (χ0) is 13.4. The maximum absolute atomic E-state index is 5.40. The molecule has 3 nitrogen and oxygen atoms in total. The van der Waals surface area contributed by atoms with Gasteiger partial charge in [-0.05, 0) is 56.0 Å². The number of hydrogen-bond donors (Lipinski definition) is 1. The van der Waals surface area contributed by atoms with Crippen LogP contribution in [0.4, 0.5) is 0 Å². The maximum Gasteiger partial charge on any atom is 0.119 e. The van der Waals surface area contributed by atoms with Crippen molar-refractivity contribution in [2.45, 2.75) is 32.2 Å². The van der Waals surface area contributed by atoms with Crippen LogP contribution in [-0.4, -0.2) is 24.3 Å². The first-order valence-corrected chi connectivity index (χ1v) is 7.05. The monoisotopic (exact) mass is 258 g/mol. The topological polar surface area (TPSA) is 26.2 Å². The molecule has 19 heavy (non-hydrogen) atoms. The largest absolute Gasteiger partial charge is 0.497 e. The summed E-state index contributed by atoms with van der Waals surface area (Å²) in [6.45, 7) is 3.22. The second-order valence-corrected chi connectivity index (χ2v) is 5.58. The van der Waals surface area contributed by atoms with Crippen LogP contribution >= 0.6 is 0 Å². The van der Waals surface area contributed by atoms with E-state index in [2.05, 4.69) is 42.2 Å². The highest BCUT2D eigenvalue weighted by atomic mass is 16.5. The van der Waals surface area contributed by atoms with Gasteiger partial charge in [0.25, 0.3) is 0 Å². The minimum absolute atomic E-state index is 0.784. The number of nitrogens with zero attached hydrogens (tertiary/aromatic N) is 1. The van der Waals surface area contributed by atoms with E-state index in [4.69, 9.17) is 4.74 Å². The van der Waals surface area contributed by atoms with Crippen molar-refractivity contribution in [2.24, 2.45) is 7.05 Å². The van der Waals surface area contributed by atoms with Crippen molar-refractivity contribution < 1.29 is 4.74 Å². The second kappa shape index (κ2) is 4.89. The van der Waals surface area contributed by atoms with Gasteiger partial charge in [0, 0.05) is 24.7 Å². The quantitative estimate of drug-likeness (QED) is 0.892. The third-order valence-electron chi connectivity index (χ3n) is 3.96. The van der Waals surface area contributed by atoms with Crippen molar-refractivity contribution in [1.82, 2.24) is 9.88 Å². The molecule has 0 saturated heterocycles. The molecular formula is C16H22N2O. The predicted octanol–water partition coefficient (Wildman–Crippen LogP) is 2.79. The molecule has 1 aromatic carbocycles. The molecule has 1 heterocycles. The van der Waals surface area contributed by atoms with Gasteiger partial charge in [0.15, 0.2) is 0 Å². The summed E-state index contributed by atoms with van der Waals surface area (Å²) in [6.07, 6.45) is 6.04. The Morgan fingerprint density at radius 3 is 2.84 bits per heavy atom. The molecule has 1 aromatic heterocycles. The smallest absolute Gasteiger partial charge is 0.119 e. The molecule has 2 aromatic rings. The van der Waals surface area contributed by atoms with Gasteiger partial charge in [0.05, 0.1) is 12.6 Å². The van der Waals surface area contributed by atoms with E-state index >= 15 is 0 Å². The van der Waals surface area contributed by atoms with Crippen molar-refractivity contribution in [3.8, 4) is 5.75 Å². The van der Waals surface area contributed by atoms with E-state index in [-0.39, 0.29) is 0 Å². The number of rotatable bonds is 5.